The van der Waals surface area contributed by atoms with Gasteiger partial charge in [-0.05, 0) is 43.6 Å². The molecule has 2 unspecified atom stereocenters. The van der Waals surface area contributed by atoms with Crippen LogP contribution in [-0.2, 0) is 6.54 Å². The minimum Gasteiger partial charge on any atom is -0.311 e. The van der Waals surface area contributed by atoms with Gasteiger partial charge in [-0.2, -0.15) is 0 Å². The third-order valence-electron chi connectivity index (χ3n) is 5.18. The molecular formula is C17H23FN2. The highest BCUT2D eigenvalue weighted by atomic mass is 19.1. The molecule has 2 nitrogen and oxygen atoms in total. The van der Waals surface area contributed by atoms with E-state index in [1.54, 1.807) is 12.1 Å². The molecule has 2 saturated carbocycles. The summed E-state index contributed by atoms with van der Waals surface area (Å²) in [6.07, 6.45) is 5.46. The first-order chi connectivity index (χ1) is 9.81. The van der Waals surface area contributed by atoms with Crippen LogP contribution < -0.4 is 5.32 Å². The molecule has 3 fully saturated rings. The van der Waals surface area contributed by atoms with Gasteiger partial charge in [0.05, 0.1) is 0 Å². The van der Waals surface area contributed by atoms with Crippen LogP contribution in [0.1, 0.15) is 31.2 Å². The van der Waals surface area contributed by atoms with E-state index < -0.39 is 0 Å². The number of halogens is 1. The number of hydrogen-bond acceptors (Lipinski definition) is 2. The lowest BCUT2D eigenvalue weighted by molar-refractivity contribution is 0.0992. The summed E-state index contributed by atoms with van der Waals surface area (Å²) in [7, 11) is 0. The number of rotatable bonds is 4. The van der Waals surface area contributed by atoms with Crippen LogP contribution in [0.4, 0.5) is 4.39 Å². The van der Waals surface area contributed by atoms with Crippen molar-refractivity contribution in [2.75, 3.05) is 13.1 Å². The van der Waals surface area contributed by atoms with Gasteiger partial charge < -0.3 is 5.32 Å². The van der Waals surface area contributed by atoms with Crippen LogP contribution in [-0.4, -0.2) is 30.1 Å². The number of hydrogen-bond donors (Lipinski definition) is 1. The summed E-state index contributed by atoms with van der Waals surface area (Å²) in [4.78, 5) is 2.55. The summed E-state index contributed by atoms with van der Waals surface area (Å²) < 4.78 is 13.9. The summed E-state index contributed by atoms with van der Waals surface area (Å²) in [5.74, 6) is 1.66. The SMILES string of the molecule is Fc1ccccc1CN1CC(C2CC2)NCC1C1CC1. The van der Waals surface area contributed by atoms with Crippen LogP contribution in [0.15, 0.2) is 24.3 Å². The molecule has 4 rings (SSSR count). The quantitative estimate of drug-likeness (QED) is 0.908. The van der Waals surface area contributed by atoms with Crippen molar-refractivity contribution in [3.8, 4) is 0 Å². The van der Waals surface area contributed by atoms with E-state index in [-0.39, 0.29) is 5.82 Å². The molecule has 20 heavy (non-hydrogen) atoms. The third kappa shape index (κ3) is 2.61. The number of nitrogens with zero attached hydrogens (tertiary/aromatic N) is 1. The Balaban J connectivity index is 1.50. The smallest absolute Gasteiger partial charge is 0.127 e. The Morgan fingerprint density at radius 1 is 1.10 bits per heavy atom. The lowest BCUT2D eigenvalue weighted by Gasteiger charge is -2.41. The van der Waals surface area contributed by atoms with Crippen LogP contribution in [0.25, 0.3) is 0 Å². The second kappa shape index (κ2) is 5.12. The molecule has 1 aromatic carbocycles. The maximum atomic E-state index is 13.9. The van der Waals surface area contributed by atoms with Crippen molar-refractivity contribution in [2.24, 2.45) is 11.8 Å². The maximum absolute atomic E-state index is 13.9. The van der Waals surface area contributed by atoms with Crippen LogP contribution >= 0.6 is 0 Å². The van der Waals surface area contributed by atoms with Gasteiger partial charge in [0.15, 0.2) is 0 Å². The van der Waals surface area contributed by atoms with E-state index in [2.05, 4.69) is 10.2 Å². The first-order valence-corrected chi connectivity index (χ1v) is 8.02. The highest BCUT2D eigenvalue weighted by Crippen LogP contribution is 2.40. The molecule has 0 radical (unpaired) electrons. The Hall–Kier alpha value is -0.930. The van der Waals surface area contributed by atoms with Crippen LogP contribution in [0.5, 0.6) is 0 Å². The Labute approximate surface area is 120 Å². The zero-order valence-corrected chi connectivity index (χ0v) is 11.9. The van der Waals surface area contributed by atoms with Crippen molar-refractivity contribution in [3.63, 3.8) is 0 Å². The standard InChI is InChI=1S/C17H23FN2/c18-15-4-2-1-3-14(15)10-20-11-16(12-5-6-12)19-9-17(20)13-7-8-13/h1-4,12-13,16-17,19H,5-11H2. The van der Waals surface area contributed by atoms with Crippen molar-refractivity contribution in [2.45, 2.75) is 44.3 Å². The van der Waals surface area contributed by atoms with E-state index in [1.165, 1.54) is 25.7 Å². The van der Waals surface area contributed by atoms with Crippen molar-refractivity contribution >= 4 is 0 Å². The molecule has 1 aromatic rings. The van der Waals surface area contributed by atoms with Crippen molar-refractivity contribution < 1.29 is 4.39 Å². The molecule has 1 heterocycles. The van der Waals surface area contributed by atoms with Gasteiger partial charge in [0.1, 0.15) is 5.82 Å². The van der Waals surface area contributed by atoms with Crippen LogP contribution in [0.2, 0.25) is 0 Å². The largest absolute Gasteiger partial charge is 0.311 e. The highest BCUT2D eigenvalue weighted by Gasteiger charge is 2.42. The second-order valence-corrected chi connectivity index (χ2v) is 6.78. The molecule has 2 atom stereocenters. The first-order valence-electron chi connectivity index (χ1n) is 8.02. The van der Waals surface area contributed by atoms with Gasteiger partial charge in [-0.1, -0.05) is 18.2 Å². The summed E-state index contributed by atoms with van der Waals surface area (Å²) >= 11 is 0. The molecule has 0 spiro atoms. The first kappa shape index (κ1) is 12.8. The Bertz CT molecular complexity index is 482. The van der Waals surface area contributed by atoms with E-state index >= 15 is 0 Å². The van der Waals surface area contributed by atoms with E-state index in [9.17, 15) is 4.39 Å². The molecule has 0 aromatic heterocycles. The van der Waals surface area contributed by atoms with Crippen molar-refractivity contribution in [1.29, 1.82) is 0 Å². The fourth-order valence-corrected chi connectivity index (χ4v) is 3.64. The summed E-state index contributed by atoms with van der Waals surface area (Å²) in [6, 6.07) is 8.50. The number of piperazine rings is 1. The number of nitrogens with one attached hydrogen (secondary N) is 1. The van der Waals surface area contributed by atoms with Gasteiger partial charge in [0, 0.05) is 37.3 Å². The lowest BCUT2D eigenvalue weighted by Crippen LogP contribution is -2.57. The number of benzene rings is 1. The zero-order chi connectivity index (χ0) is 13.5. The van der Waals surface area contributed by atoms with Crippen molar-refractivity contribution in [3.05, 3.63) is 35.6 Å². The molecular weight excluding hydrogens is 251 g/mol. The predicted molar refractivity (Wildman–Crippen MR) is 77.8 cm³/mol. The summed E-state index contributed by atoms with van der Waals surface area (Å²) in [6.45, 7) is 2.97. The maximum Gasteiger partial charge on any atom is 0.127 e. The lowest BCUT2D eigenvalue weighted by atomic mass is 10.0. The average molecular weight is 274 g/mol. The van der Waals surface area contributed by atoms with Crippen molar-refractivity contribution in [1.82, 2.24) is 10.2 Å². The molecule has 3 heteroatoms. The topological polar surface area (TPSA) is 15.3 Å². The molecule has 108 valence electrons. The molecule has 0 bridgehead atoms. The zero-order valence-electron chi connectivity index (χ0n) is 11.9. The fourth-order valence-electron chi connectivity index (χ4n) is 3.64. The second-order valence-electron chi connectivity index (χ2n) is 6.78. The van der Waals surface area contributed by atoms with Crippen LogP contribution in [0, 0.1) is 17.7 Å². The average Bonchev–Trinajstić information content (AvgIpc) is 3.34. The molecule has 3 aliphatic rings. The molecule has 0 amide bonds. The van der Waals surface area contributed by atoms with E-state index in [1.807, 2.05) is 12.1 Å². The van der Waals surface area contributed by atoms with E-state index in [0.717, 1.165) is 37.0 Å². The highest BCUT2D eigenvalue weighted by molar-refractivity contribution is 5.18. The van der Waals surface area contributed by atoms with Gasteiger partial charge in [0.25, 0.3) is 0 Å². The van der Waals surface area contributed by atoms with E-state index in [4.69, 9.17) is 0 Å². The Morgan fingerprint density at radius 2 is 1.85 bits per heavy atom. The van der Waals surface area contributed by atoms with E-state index in [0.29, 0.717) is 12.1 Å². The Morgan fingerprint density at radius 3 is 2.55 bits per heavy atom. The normalized spacial score (nSPS) is 31.4. The van der Waals surface area contributed by atoms with Gasteiger partial charge in [-0.3, -0.25) is 4.90 Å². The molecule has 1 saturated heterocycles. The minimum atomic E-state index is -0.0523. The predicted octanol–water partition coefficient (Wildman–Crippen LogP) is 2.79. The van der Waals surface area contributed by atoms with Crippen LogP contribution in [0.3, 0.4) is 0 Å². The van der Waals surface area contributed by atoms with Gasteiger partial charge in [-0.25, -0.2) is 4.39 Å². The summed E-state index contributed by atoms with van der Waals surface area (Å²) in [5.41, 5.74) is 0.856. The Kier molecular flexibility index (Phi) is 3.27. The molecule has 2 aliphatic carbocycles. The van der Waals surface area contributed by atoms with Gasteiger partial charge in [-0.15, -0.1) is 0 Å². The molecule has 1 aliphatic heterocycles. The minimum absolute atomic E-state index is 0.0523. The summed E-state index contributed by atoms with van der Waals surface area (Å²) in [5, 5.41) is 3.75. The van der Waals surface area contributed by atoms with Gasteiger partial charge in [0.2, 0.25) is 0 Å². The third-order valence-corrected chi connectivity index (χ3v) is 5.18. The molecule has 1 N–H and O–H groups in total. The van der Waals surface area contributed by atoms with Gasteiger partial charge >= 0.3 is 0 Å². The fraction of sp³-hybridized carbons (Fsp3) is 0.647. The monoisotopic (exact) mass is 274 g/mol.